The Balaban J connectivity index is 1.86. The molecule has 136 valence electrons. The number of benzene rings is 2. The van der Waals surface area contributed by atoms with Gasteiger partial charge in [0.25, 0.3) is 0 Å². The maximum absolute atomic E-state index is 12.8. The highest BCUT2D eigenvalue weighted by molar-refractivity contribution is 6.39. The Morgan fingerprint density at radius 1 is 1.15 bits per heavy atom. The van der Waals surface area contributed by atoms with Crippen LogP contribution in [0.25, 0.3) is 0 Å². The van der Waals surface area contributed by atoms with Crippen LogP contribution in [0.5, 0.6) is 0 Å². The number of methoxy groups -OCH3 is 1. The molecule has 1 aliphatic heterocycles. The molecule has 7 heteroatoms. The number of amides is 2. The second-order valence-corrected chi connectivity index (χ2v) is 6.83. The van der Waals surface area contributed by atoms with Crippen molar-refractivity contribution >= 4 is 40.9 Å². The summed E-state index contributed by atoms with van der Waals surface area (Å²) >= 11 is 12.3. The summed E-state index contributed by atoms with van der Waals surface area (Å²) in [5.41, 5.74) is 2.79. The summed E-state index contributed by atoms with van der Waals surface area (Å²) in [5.74, 6) is -0.366. The minimum atomic E-state index is -0.366. The zero-order chi connectivity index (χ0) is 18.8. The molecule has 1 N–H and O–H groups in total. The third-order valence-corrected chi connectivity index (χ3v) is 5.22. The van der Waals surface area contributed by atoms with Gasteiger partial charge in [-0.15, -0.1) is 0 Å². The van der Waals surface area contributed by atoms with E-state index in [1.807, 2.05) is 13.0 Å². The lowest BCUT2D eigenvalue weighted by Crippen LogP contribution is -2.42. The summed E-state index contributed by atoms with van der Waals surface area (Å²) in [4.78, 5) is 26.4. The maximum atomic E-state index is 12.8. The van der Waals surface area contributed by atoms with Crippen LogP contribution in [0.15, 0.2) is 36.4 Å². The van der Waals surface area contributed by atoms with Crippen molar-refractivity contribution in [3.63, 3.8) is 0 Å². The zero-order valence-electron chi connectivity index (χ0n) is 14.4. The summed E-state index contributed by atoms with van der Waals surface area (Å²) in [6.07, 6.45) is 0.564. The molecule has 0 aliphatic carbocycles. The number of para-hydroxylation sites is 1. The molecule has 3 rings (SSSR count). The summed E-state index contributed by atoms with van der Waals surface area (Å²) in [6, 6.07) is 10.0. The summed E-state index contributed by atoms with van der Waals surface area (Å²) in [5, 5.41) is 3.55. The number of halogens is 2. The van der Waals surface area contributed by atoms with Crippen molar-refractivity contribution < 1.29 is 14.3 Å². The van der Waals surface area contributed by atoms with Gasteiger partial charge in [-0.05, 0) is 42.7 Å². The Morgan fingerprint density at radius 3 is 2.46 bits per heavy atom. The van der Waals surface area contributed by atoms with E-state index < -0.39 is 0 Å². The number of hydrogen-bond donors (Lipinski definition) is 1. The van der Waals surface area contributed by atoms with E-state index >= 15 is 0 Å². The number of fused-ring (bicyclic) bond motifs is 1. The number of nitrogens with zero attached hydrogens (tertiary/aromatic N) is 1. The lowest BCUT2D eigenvalue weighted by Gasteiger charge is -2.36. The normalized spacial score (nSPS) is 16.0. The third kappa shape index (κ3) is 3.37. The first-order chi connectivity index (χ1) is 12.4. The second kappa shape index (κ2) is 7.56. The fourth-order valence-corrected chi connectivity index (χ4v) is 3.74. The van der Waals surface area contributed by atoms with Crippen molar-refractivity contribution in [1.29, 1.82) is 0 Å². The maximum Gasteiger partial charge on any atom is 0.338 e. The number of urea groups is 1. The monoisotopic (exact) mass is 392 g/mol. The Morgan fingerprint density at radius 2 is 1.81 bits per heavy atom. The standard InChI is InChI=1S/C19H18Cl2N2O3/c1-11-12-5-3-6-14(18(24)26-2)13(12)9-10-23(11)19(25)22-17-15(20)7-4-8-16(17)21/h3-8,11H,9-10H2,1-2H3,(H,22,25)/t11-/m0/s1. The van der Waals surface area contributed by atoms with Gasteiger partial charge in [0.1, 0.15) is 0 Å². The second-order valence-electron chi connectivity index (χ2n) is 6.01. The highest BCUT2D eigenvalue weighted by Gasteiger charge is 2.30. The van der Waals surface area contributed by atoms with E-state index in [-0.39, 0.29) is 18.0 Å². The molecule has 1 atom stereocenters. The summed E-state index contributed by atoms with van der Waals surface area (Å²) in [7, 11) is 1.36. The fourth-order valence-electron chi connectivity index (χ4n) is 3.24. The largest absolute Gasteiger partial charge is 0.465 e. The first-order valence-corrected chi connectivity index (χ1v) is 8.91. The van der Waals surface area contributed by atoms with Gasteiger partial charge in [-0.25, -0.2) is 9.59 Å². The van der Waals surface area contributed by atoms with Gasteiger partial charge in [-0.3, -0.25) is 0 Å². The fraction of sp³-hybridized carbons (Fsp3) is 0.263. The molecule has 1 heterocycles. The third-order valence-electron chi connectivity index (χ3n) is 4.59. The van der Waals surface area contributed by atoms with Crippen molar-refractivity contribution in [3.05, 3.63) is 63.1 Å². The minimum Gasteiger partial charge on any atom is -0.465 e. The average Bonchev–Trinajstić information content (AvgIpc) is 2.64. The average molecular weight is 393 g/mol. The molecular weight excluding hydrogens is 375 g/mol. The smallest absolute Gasteiger partial charge is 0.338 e. The van der Waals surface area contributed by atoms with Crippen LogP contribution < -0.4 is 5.32 Å². The molecule has 2 amide bonds. The number of carbonyl (C=O) groups is 2. The van der Waals surface area contributed by atoms with E-state index in [2.05, 4.69) is 5.32 Å². The van der Waals surface area contributed by atoms with E-state index in [4.69, 9.17) is 27.9 Å². The molecule has 0 aromatic heterocycles. The van der Waals surface area contributed by atoms with Gasteiger partial charge in [-0.2, -0.15) is 0 Å². The molecule has 0 bridgehead atoms. The number of hydrogen-bond acceptors (Lipinski definition) is 3. The number of rotatable bonds is 2. The highest BCUT2D eigenvalue weighted by atomic mass is 35.5. The molecule has 1 aliphatic rings. The summed E-state index contributed by atoms with van der Waals surface area (Å²) in [6.45, 7) is 2.39. The lowest BCUT2D eigenvalue weighted by atomic mass is 9.90. The Hall–Kier alpha value is -2.24. The number of nitrogens with one attached hydrogen (secondary N) is 1. The molecule has 26 heavy (non-hydrogen) atoms. The van der Waals surface area contributed by atoms with Gasteiger partial charge in [0, 0.05) is 6.54 Å². The van der Waals surface area contributed by atoms with E-state index in [1.165, 1.54) is 7.11 Å². The molecule has 0 fully saturated rings. The molecule has 2 aromatic carbocycles. The van der Waals surface area contributed by atoms with Gasteiger partial charge in [-0.1, -0.05) is 41.4 Å². The van der Waals surface area contributed by atoms with Crippen LogP contribution >= 0.6 is 23.2 Å². The topological polar surface area (TPSA) is 58.6 Å². The van der Waals surface area contributed by atoms with Crippen molar-refractivity contribution in [2.45, 2.75) is 19.4 Å². The van der Waals surface area contributed by atoms with Crippen molar-refractivity contribution in [2.75, 3.05) is 19.0 Å². The van der Waals surface area contributed by atoms with Crippen molar-refractivity contribution in [2.24, 2.45) is 0 Å². The SMILES string of the molecule is COC(=O)c1cccc2c1CCN(C(=O)Nc1c(Cl)cccc1Cl)[C@H]2C. The number of ether oxygens (including phenoxy) is 1. The molecule has 2 aromatic rings. The number of carbonyl (C=O) groups excluding carboxylic acids is 2. The lowest BCUT2D eigenvalue weighted by molar-refractivity contribution is 0.0598. The molecule has 5 nitrogen and oxygen atoms in total. The van der Waals surface area contributed by atoms with E-state index in [0.29, 0.717) is 34.3 Å². The molecule has 0 radical (unpaired) electrons. The minimum absolute atomic E-state index is 0.204. The van der Waals surface area contributed by atoms with Crippen LogP contribution in [0.2, 0.25) is 10.0 Å². The van der Waals surface area contributed by atoms with Gasteiger partial charge < -0.3 is 15.0 Å². The highest BCUT2D eigenvalue weighted by Crippen LogP contribution is 2.34. The van der Waals surface area contributed by atoms with Crippen molar-refractivity contribution in [3.8, 4) is 0 Å². The Kier molecular flexibility index (Phi) is 5.39. The predicted octanol–water partition coefficient (Wildman–Crippen LogP) is 4.93. The molecule has 0 unspecified atom stereocenters. The van der Waals surface area contributed by atoms with Crippen LogP contribution in [0.1, 0.15) is 34.5 Å². The molecule has 0 spiro atoms. The van der Waals surface area contributed by atoms with Crippen LogP contribution in [0.4, 0.5) is 10.5 Å². The zero-order valence-corrected chi connectivity index (χ0v) is 15.9. The Labute approximate surface area is 161 Å². The van der Waals surface area contributed by atoms with Crippen LogP contribution in [-0.4, -0.2) is 30.6 Å². The van der Waals surface area contributed by atoms with Crippen LogP contribution in [0, 0.1) is 0 Å². The van der Waals surface area contributed by atoms with Gasteiger partial charge in [0.2, 0.25) is 0 Å². The van der Waals surface area contributed by atoms with E-state index in [0.717, 1.165) is 11.1 Å². The summed E-state index contributed by atoms with van der Waals surface area (Å²) < 4.78 is 4.86. The molecular formula is C19H18Cl2N2O3. The van der Waals surface area contributed by atoms with Gasteiger partial charge in [0.05, 0.1) is 34.4 Å². The first-order valence-electron chi connectivity index (χ1n) is 8.15. The number of esters is 1. The van der Waals surface area contributed by atoms with Crippen LogP contribution in [0.3, 0.4) is 0 Å². The molecule has 0 saturated heterocycles. The quantitative estimate of drug-likeness (QED) is 0.736. The van der Waals surface area contributed by atoms with E-state index in [1.54, 1.807) is 35.2 Å². The van der Waals surface area contributed by atoms with Gasteiger partial charge in [0.15, 0.2) is 0 Å². The van der Waals surface area contributed by atoms with Gasteiger partial charge >= 0.3 is 12.0 Å². The molecule has 0 saturated carbocycles. The Bertz CT molecular complexity index is 850. The van der Waals surface area contributed by atoms with Crippen molar-refractivity contribution in [1.82, 2.24) is 4.90 Å². The van der Waals surface area contributed by atoms with Crippen LogP contribution in [-0.2, 0) is 11.2 Å². The van der Waals surface area contributed by atoms with E-state index in [9.17, 15) is 9.59 Å². The number of anilines is 1. The first kappa shape index (κ1) is 18.5. The predicted molar refractivity (Wildman–Crippen MR) is 102 cm³/mol.